The van der Waals surface area contributed by atoms with Gasteiger partial charge in [0.15, 0.2) is 11.5 Å². The fraction of sp³-hybridized carbons (Fsp3) is 0.185. The largest absolute Gasteiger partial charge is 0.507 e. The number of nitro benzene ring substituents is 1. The molecule has 1 aliphatic heterocycles. The van der Waals surface area contributed by atoms with Crippen LogP contribution < -0.4 is 19.1 Å². The number of non-ortho nitro benzene ring substituents is 1. The summed E-state index contributed by atoms with van der Waals surface area (Å²) < 4.78 is 16.2. The number of aliphatic hydroxyl groups is 1. The van der Waals surface area contributed by atoms with Crippen LogP contribution in [-0.4, -0.2) is 42.5 Å². The van der Waals surface area contributed by atoms with Crippen molar-refractivity contribution in [2.45, 2.75) is 13.0 Å². The molecule has 0 saturated carbocycles. The Morgan fingerprint density at radius 1 is 0.973 bits per heavy atom. The summed E-state index contributed by atoms with van der Waals surface area (Å²) in [4.78, 5) is 38.4. The van der Waals surface area contributed by atoms with Gasteiger partial charge in [-0.25, -0.2) is 0 Å². The molecule has 3 aromatic carbocycles. The Bertz CT molecular complexity index is 1380. The summed E-state index contributed by atoms with van der Waals surface area (Å²) in [6.07, 6.45) is 0. The lowest BCUT2D eigenvalue weighted by atomic mass is 9.94. The van der Waals surface area contributed by atoms with Gasteiger partial charge in [-0.05, 0) is 61.0 Å². The minimum atomic E-state index is -1.02. The van der Waals surface area contributed by atoms with E-state index in [4.69, 9.17) is 14.2 Å². The summed E-state index contributed by atoms with van der Waals surface area (Å²) in [7, 11) is 2.94. The number of methoxy groups -OCH3 is 2. The zero-order valence-corrected chi connectivity index (χ0v) is 20.3. The molecular formula is C27H24N2O8. The summed E-state index contributed by atoms with van der Waals surface area (Å²) in [5.74, 6) is -0.790. The van der Waals surface area contributed by atoms with Gasteiger partial charge in [0.05, 0.1) is 37.4 Å². The molecule has 0 aliphatic carbocycles. The topological polar surface area (TPSA) is 128 Å². The maximum atomic E-state index is 13.3. The second-order valence-corrected chi connectivity index (χ2v) is 8.01. The number of anilines is 1. The Morgan fingerprint density at radius 2 is 1.62 bits per heavy atom. The molecular weight excluding hydrogens is 480 g/mol. The van der Waals surface area contributed by atoms with Crippen LogP contribution in [0.25, 0.3) is 5.76 Å². The highest BCUT2D eigenvalue weighted by atomic mass is 16.6. The third-order valence-electron chi connectivity index (χ3n) is 5.95. The molecule has 4 rings (SSSR count). The maximum Gasteiger partial charge on any atom is 0.300 e. The standard InChI is InChI=1S/C27H24N2O8/c1-4-37-20-12-10-18(11-13-20)28-24(17-7-14-21(35-2)22(15-17)36-3)23(26(31)27(28)32)25(30)16-5-8-19(9-6-16)29(33)34/h5-15,24,30H,4H2,1-3H3/b25-23-. The molecule has 0 bridgehead atoms. The second-order valence-electron chi connectivity index (χ2n) is 8.01. The number of amides is 1. The molecule has 1 atom stereocenters. The SMILES string of the molecule is CCOc1ccc(N2C(=O)C(=O)/C(=C(\O)c3ccc([N+](=O)[O-])cc3)C2c2ccc(OC)c(OC)c2)cc1. The summed E-state index contributed by atoms with van der Waals surface area (Å²) >= 11 is 0. The number of nitrogens with zero attached hydrogens (tertiary/aromatic N) is 2. The Kier molecular flexibility index (Phi) is 7.10. The summed E-state index contributed by atoms with van der Waals surface area (Å²) in [5, 5.41) is 22.3. The van der Waals surface area contributed by atoms with Crippen molar-refractivity contribution in [3.63, 3.8) is 0 Å². The molecule has 10 nitrogen and oxygen atoms in total. The van der Waals surface area contributed by atoms with Crippen LogP contribution >= 0.6 is 0 Å². The molecule has 1 amide bonds. The summed E-state index contributed by atoms with van der Waals surface area (Å²) in [5.41, 5.74) is 0.700. The van der Waals surface area contributed by atoms with Gasteiger partial charge >= 0.3 is 0 Å². The van der Waals surface area contributed by atoms with E-state index in [0.717, 1.165) is 0 Å². The van der Waals surface area contributed by atoms with E-state index in [-0.39, 0.29) is 16.8 Å². The van der Waals surface area contributed by atoms with E-state index < -0.39 is 28.4 Å². The number of carbonyl (C=O) groups excluding carboxylic acids is 2. The van der Waals surface area contributed by atoms with Gasteiger partial charge in [-0.1, -0.05) is 6.07 Å². The van der Waals surface area contributed by atoms with E-state index in [0.29, 0.717) is 35.1 Å². The van der Waals surface area contributed by atoms with Crippen LogP contribution in [0.3, 0.4) is 0 Å². The van der Waals surface area contributed by atoms with E-state index in [1.807, 2.05) is 6.92 Å². The minimum Gasteiger partial charge on any atom is -0.507 e. The highest BCUT2D eigenvalue weighted by Gasteiger charge is 2.47. The van der Waals surface area contributed by atoms with Crippen LogP contribution in [0.4, 0.5) is 11.4 Å². The smallest absolute Gasteiger partial charge is 0.300 e. The number of carbonyl (C=O) groups is 2. The molecule has 0 radical (unpaired) electrons. The molecule has 1 heterocycles. The lowest BCUT2D eigenvalue weighted by Gasteiger charge is -2.26. The van der Waals surface area contributed by atoms with Crippen molar-refractivity contribution < 1.29 is 33.8 Å². The highest BCUT2D eigenvalue weighted by molar-refractivity contribution is 6.51. The van der Waals surface area contributed by atoms with Crippen molar-refractivity contribution in [1.29, 1.82) is 0 Å². The molecule has 1 unspecified atom stereocenters. The zero-order chi connectivity index (χ0) is 26.7. The molecule has 10 heteroatoms. The van der Waals surface area contributed by atoms with Crippen molar-refractivity contribution in [2.24, 2.45) is 0 Å². The lowest BCUT2D eigenvalue weighted by molar-refractivity contribution is -0.384. The van der Waals surface area contributed by atoms with E-state index >= 15 is 0 Å². The quantitative estimate of drug-likeness (QED) is 0.155. The molecule has 0 aromatic heterocycles. The highest BCUT2D eigenvalue weighted by Crippen LogP contribution is 2.44. The first-order valence-corrected chi connectivity index (χ1v) is 11.3. The number of nitro groups is 1. The van der Waals surface area contributed by atoms with Crippen LogP contribution in [0.1, 0.15) is 24.1 Å². The third-order valence-corrected chi connectivity index (χ3v) is 5.95. The van der Waals surface area contributed by atoms with Crippen LogP contribution in [0.2, 0.25) is 0 Å². The van der Waals surface area contributed by atoms with Gasteiger partial charge in [-0.3, -0.25) is 24.6 Å². The number of Topliss-reactive ketones (excluding diaryl/α,β-unsaturated/α-hetero) is 1. The van der Waals surface area contributed by atoms with Crippen LogP contribution in [0.5, 0.6) is 17.2 Å². The van der Waals surface area contributed by atoms with E-state index in [1.165, 1.54) is 43.4 Å². The second kappa shape index (κ2) is 10.4. The maximum absolute atomic E-state index is 13.3. The average molecular weight is 504 g/mol. The number of hydrogen-bond acceptors (Lipinski definition) is 8. The predicted molar refractivity (Wildman–Crippen MR) is 135 cm³/mol. The number of rotatable bonds is 8. The molecule has 3 aromatic rings. The first-order valence-electron chi connectivity index (χ1n) is 11.3. The summed E-state index contributed by atoms with van der Waals surface area (Å²) in [6.45, 7) is 2.31. The number of ether oxygens (including phenoxy) is 3. The van der Waals surface area contributed by atoms with Crippen molar-refractivity contribution in [3.05, 3.63) is 93.5 Å². The van der Waals surface area contributed by atoms with E-state index in [9.17, 15) is 24.8 Å². The fourth-order valence-electron chi connectivity index (χ4n) is 4.20. The lowest BCUT2D eigenvalue weighted by Crippen LogP contribution is -2.29. The van der Waals surface area contributed by atoms with Gasteiger partial charge in [-0.2, -0.15) is 0 Å². The minimum absolute atomic E-state index is 0.153. The number of benzene rings is 3. The van der Waals surface area contributed by atoms with E-state index in [2.05, 4.69) is 0 Å². The molecule has 1 N–H and O–H groups in total. The normalized spacial score (nSPS) is 16.5. The number of hydrogen-bond donors (Lipinski definition) is 1. The van der Waals surface area contributed by atoms with Gasteiger partial charge in [0.25, 0.3) is 17.4 Å². The Balaban J connectivity index is 1.91. The average Bonchev–Trinajstić information content (AvgIpc) is 3.18. The van der Waals surface area contributed by atoms with Gasteiger partial charge in [0.1, 0.15) is 11.5 Å². The van der Waals surface area contributed by atoms with Crippen LogP contribution in [-0.2, 0) is 9.59 Å². The Labute approximate surface area is 212 Å². The van der Waals surface area contributed by atoms with Crippen molar-refractivity contribution in [3.8, 4) is 17.2 Å². The third kappa shape index (κ3) is 4.68. The van der Waals surface area contributed by atoms with Gasteiger partial charge in [0, 0.05) is 23.4 Å². The molecule has 190 valence electrons. The van der Waals surface area contributed by atoms with E-state index in [1.54, 1.807) is 42.5 Å². The first kappa shape index (κ1) is 25.2. The first-order chi connectivity index (χ1) is 17.8. The molecule has 37 heavy (non-hydrogen) atoms. The van der Waals surface area contributed by atoms with Crippen molar-refractivity contribution >= 4 is 28.8 Å². The molecule has 0 spiro atoms. The fourth-order valence-corrected chi connectivity index (χ4v) is 4.20. The van der Waals surface area contributed by atoms with Crippen molar-refractivity contribution in [2.75, 3.05) is 25.7 Å². The Morgan fingerprint density at radius 3 is 2.19 bits per heavy atom. The molecule has 1 fully saturated rings. The summed E-state index contributed by atoms with van der Waals surface area (Å²) in [6, 6.07) is 15.6. The monoisotopic (exact) mass is 504 g/mol. The van der Waals surface area contributed by atoms with Crippen LogP contribution in [0, 0.1) is 10.1 Å². The Hall–Kier alpha value is -4.86. The number of aliphatic hydroxyl groups excluding tert-OH is 1. The van der Waals surface area contributed by atoms with Gasteiger partial charge in [-0.15, -0.1) is 0 Å². The number of ketones is 1. The zero-order valence-electron chi connectivity index (χ0n) is 20.3. The molecule has 1 saturated heterocycles. The molecule has 1 aliphatic rings. The predicted octanol–water partition coefficient (Wildman–Crippen LogP) is 4.64. The van der Waals surface area contributed by atoms with Crippen molar-refractivity contribution in [1.82, 2.24) is 0 Å². The van der Waals surface area contributed by atoms with Gasteiger partial charge < -0.3 is 19.3 Å². The van der Waals surface area contributed by atoms with Gasteiger partial charge in [0.2, 0.25) is 0 Å². The van der Waals surface area contributed by atoms with Crippen LogP contribution in [0.15, 0.2) is 72.3 Å².